The normalized spacial score (nSPS) is 14.6. The predicted molar refractivity (Wildman–Crippen MR) is 67.5 cm³/mol. The van der Waals surface area contributed by atoms with Crippen molar-refractivity contribution in [3.05, 3.63) is 27.3 Å². The van der Waals surface area contributed by atoms with Crippen LogP contribution in [0.15, 0.2) is 18.2 Å². The quantitative estimate of drug-likeness (QED) is 0.836. The summed E-state index contributed by atoms with van der Waals surface area (Å²) in [5.41, 5.74) is 0.519. The molecule has 4 nitrogen and oxygen atoms in total. The van der Waals surface area contributed by atoms with Crippen molar-refractivity contribution in [1.82, 2.24) is 0 Å². The highest BCUT2D eigenvalue weighted by molar-refractivity contribution is 14.1. The fourth-order valence-electron chi connectivity index (χ4n) is 1.38. The highest BCUT2D eigenvalue weighted by atomic mass is 127. The lowest BCUT2D eigenvalue weighted by molar-refractivity contribution is -0.117. The van der Waals surface area contributed by atoms with Crippen molar-refractivity contribution in [1.29, 1.82) is 0 Å². The summed E-state index contributed by atoms with van der Waals surface area (Å²) in [6, 6.07) is 4.95. The molecule has 0 aromatic heterocycles. The number of halogens is 1. The molecule has 2 N–H and O–H groups in total. The summed E-state index contributed by atoms with van der Waals surface area (Å²) in [5, 5.41) is 11.7. The maximum atomic E-state index is 11.5. The lowest BCUT2D eigenvalue weighted by Crippen LogP contribution is -2.16. The lowest BCUT2D eigenvalue weighted by Gasteiger charge is -2.08. The number of hydrogen-bond donors (Lipinski definition) is 2. The van der Waals surface area contributed by atoms with Gasteiger partial charge in [0, 0.05) is 9.49 Å². The van der Waals surface area contributed by atoms with E-state index in [0.29, 0.717) is 5.69 Å². The number of amides is 1. The van der Waals surface area contributed by atoms with Crippen LogP contribution in [0, 0.1) is 9.49 Å². The largest absolute Gasteiger partial charge is 0.478 e. The third-order valence-corrected chi connectivity index (χ3v) is 3.09. The van der Waals surface area contributed by atoms with Crippen LogP contribution in [-0.2, 0) is 4.79 Å². The number of benzene rings is 1. The topological polar surface area (TPSA) is 66.4 Å². The van der Waals surface area contributed by atoms with Crippen molar-refractivity contribution in [2.75, 3.05) is 5.32 Å². The molecule has 0 spiro atoms. The summed E-state index contributed by atoms with van der Waals surface area (Å²) in [7, 11) is 0. The summed E-state index contributed by atoms with van der Waals surface area (Å²) in [5.74, 6) is -1.03. The second-order valence-corrected chi connectivity index (χ2v) is 5.00. The van der Waals surface area contributed by atoms with E-state index in [9.17, 15) is 9.59 Å². The molecule has 0 heterocycles. The second kappa shape index (κ2) is 4.40. The third-order valence-electron chi connectivity index (χ3n) is 2.42. The van der Waals surface area contributed by atoms with Crippen molar-refractivity contribution < 1.29 is 14.7 Å². The number of anilines is 1. The van der Waals surface area contributed by atoms with Gasteiger partial charge in [-0.25, -0.2) is 4.79 Å². The number of rotatable bonds is 3. The van der Waals surface area contributed by atoms with Gasteiger partial charge in [0.05, 0.1) is 11.3 Å². The zero-order valence-corrected chi connectivity index (χ0v) is 10.5. The number of aromatic carboxylic acids is 1. The van der Waals surface area contributed by atoms with Gasteiger partial charge in [-0.05, 0) is 53.6 Å². The first kappa shape index (κ1) is 11.4. The van der Waals surface area contributed by atoms with Crippen molar-refractivity contribution >= 4 is 40.2 Å². The molecule has 1 saturated carbocycles. The van der Waals surface area contributed by atoms with Crippen LogP contribution >= 0.6 is 22.6 Å². The van der Waals surface area contributed by atoms with Crippen LogP contribution in [0.4, 0.5) is 5.69 Å². The fourth-order valence-corrected chi connectivity index (χ4v) is 1.87. The van der Waals surface area contributed by atoms with Gasteiger partial charge in [-0.3, -0.25) is 4.79 Å². The van der Waals surface area contributed by atoms with Gasteiger partial charge in [0.1, 0.15) is 0 Å². The summed E-state index contributed by atoms with van der Waals surface area (Å²) in [4.78, 5) is 22.5. The molecule has 0 unspecified atom stereocenters. The third kappa shape index (κ3) is 2.52. The van der Waals surface area contributed by atoms with E-state index in [4.69, 9.17) is 5.11 Å². The van der Waals surface area contributed by atoms with Crippen LogP contribution in [0.2, 0.25) is 0 Å². The molecule has 5 heteroatoms. The average Bonchev–Trinajstić information content (AvgIpc) is 3.03. The highest BCUT2D eigenvalue weighted by Gasteiger charge is 2.30. The zero-order valence-electron chi connectivity index (χ0n) is 8.37. The number of hydrogen-bond acceptors (Lipinski definition) is 2. The Morgan fingerprint density at radius 2 is 2.06 bits per heavy atom. The van der Waals surface area contributed by atoms with E-state index in [0.717, 1.165) is 16.4 Å². The first-order valence-electron chi connectivity index (χ1n) is 4.91. The van der Waals surface area contributed by atoms with Gasteiger partial charge in [0.2, 0.25) is 5.91 Å². The van der Waals surface area contributed by atoms with Crippen LogP contribution < -0.4 is 5.32 Å². The summed E-state index contributed by atoms with van der Waals surface area (Å²) in [6.45, 7) is 0. The Balaban J connectivity index is 2.24. The maximum Gasteiger partial charge on any atom is 0.337 e. The molecule has 1 aliphatic carbocycles. The summed E-state index contributed by atoms with van der Waals surface area (Å²) in [6.07, 6.45) is 1.80. The van der Waals surface area contributed by atoms with E-state index < -0.39 is 5.97 Å². The first-order chi connectivity index (χ1) is 7.58. The second-order valence-electron chi connectivity index (χ2n) is 3.76. The van der Waals surface area contributed by atoms with Crippen molar-refractivity contribution in [2.24, 2.45) is 5.92 Å². The van der Waals surface area contributed by atoms with Gasteiger partial charge in [-0.1, -0.05) is 0 Å². The minimum absolute atomic E-state index is 0.0703. The lowest BCUT2D eigenvalue weighted by atomic mass is 10.1. The van der Waals surface area contributed by atoms with E-state index in [1.807, 2.05) is 22.6 Å². The van der Waals surface area contributed by atoms with Crippen LogP contribution in [0.25, 0.3) is 0 Å². The van der Waals surface area contributed by atoms with Crippen LogP contribution in [0.1, 0.15) is 23.2 Å². The minimum atomic E-state index is -1.02. The average molecular weight is 331 g/mol. The molecular formula is C11H10INO3. The molecule has 1 aromatic carbocycles. The Bertz CT molecular complexity index is 455. The fraction of sp³-hybridized carbons (Fsp3) is 0.273. The number of carbonyl (C=O) groups excluding carboxylic acids is 1. The minimum Gasteiger partial charge on any atom is -0.478 e. The van der Waals surface area contributed by atoms with Gasteiger partial charge in [0.25, 0.3) is 0 Å². The van der Waals surface area contributed by atoms with E-state index in [2.05, 4.69) is 5.32 Å². The molecule has 0 radical (unpaired) electrons. The molecule has 1 amide bonds. The zero-order chi connectivity index (χ0) is 11.7. The SMILES string of the molecule is O=C(O)c1cc(I)ccc1NC(=O)C1CC1. The molecule has 0 aliphatic heterocycles. The Morgan fingerprint density at radius 3 is 2.62 bits per heavy atom. The Kier molecular flexibility index (Phi) is 3.13. The van der Waals surface area contributed by atoms with Crippen molar-refractivity contribution in [2.45, 2.75) is 12.8 Å². The van der Waals surface area contributed by atoms with E-state index in [1.165, 1.54) is 0 Å². The molecular weight excluding hydrogens is 321 g/mol. The van der Waals surface area contributed by atoms with Gasteiger partial charge >= 0.3 is 5.97 Å². The van der Waals surface area contributed by atoms with Gasteiger partial charge < -0.3 is 10.4 Å². The molecule has 1 aliphatic rings. The van der Waals surface area contributed by atoms with Crippen LogP contribution in [-0.4, -0.2) is 17.0 Å². The Labute approximate surface area is 106 Å². The predicted octanol–water partition coefficient (Wildman–Crippen LogP) is 2.34. The van der Waals surface area contributed by atoms with Crippen molar-refractivity contribution in [3.8, 4) is 0 Å². The standard InChI is InChI=1S/C11H10INO3/c12-7-3-4-9(8(5-7)11(15)16)13-10(14)6-1-2-6/h3-6H,1-2H2,(H,13,14)(H,15,16). The summed E-state index contributed by atoms with van der Waals surface area (Å²) < 4.78 is 0.833. The molecule has 16 heavy (non-hydrogen) atoms. The van der Waals surface area contributed by atoms with Crippen molar-refractivity contribution in [3.63, 3.8) is 0 Å². The van der Waals surface area contributed by atoms with Crippen LogP contribution in [0.5, 0.6) is 0 Å². The molecule has 84 valence electrons. The van der Waals surface area contributed by atoms with E-state index >= 15 is 0 Å². The number of nitrogens with one attached hydrogen (secondary N) is 1. The van der Waals surface area contributed by atoms with E-state index in [1.54, 1.807) is 18.2 Å². The monoisotopic (exact) mass is 331 g/mol. The molecule has 0 saturated heterocycles. The molecule has 2 rings (SSSR count). The number of carboxylic acid groups (broad SMARTS) is 1. The molecule has 0 atom stereocenters. The molecule has 1 aromatic rings. The molecule has 0 bridgehead atoms. The highest BCUT2D eigenvalue weighted by Crippen LogP contribution is 2.31. The molecule has 1 fully saturated rings. The van der Waals surface area contributed by atoms with Crippen LogP contribution in [0.3, 0.4) is 0 Å². The van der Waals surface area contributed by atoms with Gasteiger partial charge in [0.15, 0.2) is 0 Å². The number of carboxylic acids is 1. The van der Waals surface area contributed by atoms with Gasteiger partial charge in [-0.15, -0.1) is 0 Å². The van der Waals surface area contributed by atoms with Gasteiger partial charge in [-0.2, -0.15) is 0 Å². The summed E-state index contributed by atoms with van der Waals surface area (Å²) >= 11 is 2.04. The smallest absolute Gasteiger partial charge is 0.337 e. The number of carbonyl (C=O) groups is 2. The van der Waals surface area contributed by atoms with E-state index in [-0.39, 0.29) is 17.4 Å². The Morgan fingerprint density at radius 1 is 1.38 bits per heavy atom. The Hall–Kier alpha value is -1.11. The maximum absolute atomic E-state index is 11.5. The first-order valence-corrected chi connectivity index (χ1v) is 5.99.